The SMILES string of the molecule is Cc1cc(O)cc2c1C(=O)OCC/C=C/C(O)C/C=C/C(=N\OCC(=O)N1CCCCC1)C2. The van der Waals surface area contributed by atoms with Gasteiger partial charge in [0.15, 0.2) is 6.61 Å². The topological polar surface area (TPSA) is 109 Å². The van der Waals surface area contributed by atoms with Crippen LogP contribution in [0.15, 0.2) is 41.6 Å². The third-order valence-corrected chi connectivity index (χ3v) is 5.62. The number of aliphatic hydroxyl groups excluding tert-OH is 1. The fraction of sp³-hybridized carbons (Fsp3) is 0.480. The standard InChI is InChI=1S/C25H32N2O6/c1-18-14-22(29)16-19-15-20(26-33-17-23(30)27-11-4-2-5-12-27)8-7-10-21(28)9-3-6-13-32-25(31)24(18)19/h3,7-9,14,16,21,28-29H,2,4-6,10-13,15,17H2,1H3/b8-7+,9-3+,26-20+. The summed E-state index contributed by atoms with van der Waals surface area (Å²) >= 11 is 0. The number of hydrogen-bond acceptors (Lipinski definition) is 7. The van der Waals surface area contributed by atoms with Gasteiger partial charge in [0.25, 0.3) is 5.91 Å². The monoisotopic (exact) mass is 456 g/mol. The third kappa shape index (κ3) is 7.46. The molecular formula is C25H32N2O6. The second-order valence-electron chi connectivity index (χ2n) is 8.33. The Morgan fingerprint density at radius 1 is 1.24 bits per heavy atom. The number of piperidine rings is 1. The molecule has 0 bridgehead atoms. The molecule has 1 saturated heterocycles. The summed E-state index contributed by atoms with van der Waals surface area (Å²) in [7, 11) is 0. The first-order valence-electron chi connectivity index (χ1n) is 11.4. The van der Waals surface area contributed by atoms with Crippen molar-refractivity contribution in [2.24, 2.45) is 5.16 Å². The van der Waals surface area contributed by atoms with E-state index in [0.29, 0.717) is 35.2 Å². The van der Waals surface area contributed by atoms with Crippen molar-refractivity contribution < 1.29 is 29.4 Å². The number of nitrogens with zero attached hydrogens (tertiary/aromatic N) is 2. The largest absolute Gasteiger partial charge is 0.508 e. The Bertz CT molecular complexity index is 931. The highest BCUT2D eigenvalue weighted by Crippen LogP contribution is 2.24. The minimum absolute atomic E-state index is 0.0306. The third-order valence-electron chi connectivity index (χ3n) is 5.62. The Labute approximate surface area is 194 Å². The van der Waals surface area contributed by atoms with Gasteiger partial charge in [-0.2, -0.15) is 0 Å². The predicted molar refractivity (Wildman–Crippen MR) is 124 cm³/mol. The van der Waals surface area contributed by atoms with Gasteiger partial charge in [0.05, 0.1) is 24.0 Å². The molecule has 0 aromatic heterocycles. The molecule has 0 aliphatic carbocycles. The Morgan fingerprint density at radius 3 is 2.82 bits per heavy atom. The molecule has 1 unspecified atom stereocenters. The van der Waals surface area contributed by atoms with Crippen LogP contribution in [0.2, 0.25) is 0 Å². The summed E-state index contributed by atoms with van der Waals surface area (Å²) in [4.78, 5) is 32.3. The fourth-order valence-electron chi connectivity index (χ4n) is 3.96. The van der Waals surface area contributed by atoms with Crippen LogP contribution in [-0.2, 0) is 20.8 Å². The van der Waals surface area contributed by atoms with Gasteiger partial charge in [-0.15, -0.1) is 0 Å². The number of oxime groups is 1. The minimum Gasteiger partial charge on any atom is -0.508 e. The number of likely N-dealkylation sites (tertiary alicyclic amines) is 1. The molecule has 1 amide bonds. The highest BCUT2D eigenvalue weighted by atomic mass is 16.6. The summed E-state index contributed by atoms with van der Waals surface area (Å²) < 4.78 is 5.39. The predicted octanol–water partition coefficient (Wildman–Crippen LogP) is 3.05. The number of aryl methyl sites for hydroxylation is 1. The maximum Gasteiger partial charge on any atom is 0.338 e. The van der Waals surface area contributed by atoms with E-state index in [9.17, 15) is 19.8 Å². The molecule has 178 valence electrons. The molecule has 2 N–H and O–H groups in total. The highest BCUT2D eigenvalue weighted by molar-refractivity contribution is 6.00. The molecule has 1 aromatic carbocycles. The molecule has 2 aliphatic heterocycles. The van der Waals surface area contributed by atoms with Gasteiger partial charge >= 0.3 is 5.97 Å². The first kappa shape index (κ1) is 24.5. The Balaban J connectivity index is 1.83. The molecule has 1 fully saturated rings. The second-order valence-corrected chi connectivity index (χ2v) is 8.33. The quantitative estimate of drug-likeness (QED) is 0.411. The van der Waals surface area contributed by atoms with Crippen molar-refractivity contribution in [2.45, 2.75) is 51.6 Å². The number of aromatic hydroxyl groups is 1. The van der Waals surface area contributed by atoms with Crippen LogP contribution in [0.5, 0.6) is 5.75 Å². The fourth-order valence-corrected chi connectivity index (χ4v) is 3.96. The summed E-state index contributed by atoms with van der Waals surface area (Å²) in [6, 6.07) is 3.02. The number of esters is 1. The first-order valence-corrected chi connectivity index (χ1v) is 11.4. The number of rotatable bonds is 3. The Morgan fingerprint density at radius 2 is 2.03 bits per heavy atom. The molecule has 0 spiro atoms. The molecule has 1 atom stereocenters. The number of ether oxygens (including phenoxy) is 1. The summed E-state index contributed by atoms with van der Waals surface area (Å²) in [6.45, 7) is 3.22. The van der Waals surface area contributed by atoms with Gasteiger partial charge in [-0.05, 0) is 68.4 Å². The number of benzene rings is 1. The number of amides is 1. The highest BCUT2D eigenvalue weighted by Gasteiger charge is 2.20. The zero-order chi connectivity index (χ0) is 23.6. The second kappa shape index (κ2) is 12.2. The summed E-state index contributed by atoms with van der Waals surface area (Å²) in [5.41, 5.74) is 1.96. The molecule has 0 saturated carbocycles. The summed E-state index contributed by atoms with van der Waals surface area (Å²) in [5.74, 6) is -0.567. The molecule has 33 heavy (non-hydrogen) atoms. The van der Waals surface area contributed by atoms with Crippen molar-refractivity contribution in [3.63, 3.8) is 0 Å². The molecule has 0 radical (unpaired) electrons. The summed E-state index contributed by atoms with van der Waals surface area (Å²) in [5, 5.41) is 24.3. The number of phenolic OH excluding ortho intramolecular Hbond substituents is 1. The molecule has 8 nitrogen and oxygen atoms in total. The number of aliphatic hydroxyl groups is 1. The number of hydrogen-bond donors (Lipinski definition) is 2. The number of carbonyl (C=O) groups is 2. The smallest absolute Gasteiger partial charge is 0.338 e. The van der Waals surface area contributed by atoms with Crippen LogP contribution in [0.3, 0.4) is 0 Å². The number of allylic oxidation sites excluding steroid dienone is 1. The van der Waals surface area contributed by atoms with E-state index in [2.05, 4.69) is 5.16 Å². The van der Waals surface area contributed by atoms with E-state index in [1.165, 1.54) is 12.1 Å². The van der Waals surface area contributed by atoms with E-state index < -0.39 is 12.1 Å². The van der Waals surface area contributed by atoms with Crippen molar-refractivity contribution in [3.8, 4) is 5.75 Å². The van der Waals surface area contributed by atoms with Gasteiger partial charge in [0, 0.05) is 19.5 Å². The van der Waals surface area contributed by atoms with Crippen molar-refractivity contribution in [1.29, 1.82) is 0 Å². The van der Waals surface area contributed by atoms with Crippen LogP contribution in [0.25, 0.3) is 0 Å². The van der Waals surface area contributed by atoms with Crippen molar-refractivity contribution in [3.05, 3.63) is 53.1 Å². The van der Waals surface area contributed by atoms with Crippen molar-refractivity contribution in [1.82, 2.24) is 4.90 Å². The normalized spacial score (nSPS) is 23.2. The molecule has 8 heteroatoms. The lowest BCUT2D eigenvalue weighted by atomic mass is 9.96. The number of carbonyl (C=O) groups excluding carboxylic acids is 2. The molecule has 3 rings (SSSR count). The van der Waals surface area contributed by atoms with E-state index in [4.69, 9.17) is 9.57 Å². The number of phenols is 1. The Kier molecular flexibility index (Phi) is 9.06. The molecule has 2 heterocycles. The van der Waals surface area contributed by atoms with Crippen molar-refractivity contribution >= 4 is 17.6 Å². The molecule has 2 aliphatic rings. The summed E-state index contributed by atoms with van der Waals surface area (Å²) in [6.07, 6.45) is 10.4. The maximum atomic E-state index is 12.7. The van der Waals surface area contributed by atoms with Crippen molar-refractivity contribution in [2.75, 3.05) is 26.3 Å². The van der Waals surface area contributed by atoms with Gasteiger partial charge in [-0.3, -0.25) is 4.79 Å². The van der Waals surface area contributed by atoms with Gasteiger partial charge in [0.1, 0.15) is 5.75 Å². The van der Waals surface area contributed by atoms with E-state index in [1.54, 1.807) is 36.1 Å². The first-order chi connectivity index (χ1) is 15.9. The van der Waals surface area contributed by atoms with E-state index in [1.807, 2.05) is 0 Å². The van der Waals surface area contributed by atoms with Crippen LogP contribution in [0.4, 0.5) is 0 Å². The van der Waals surface area contributed by atoms with E-state index >= 15 is 0 Å². The van der Waals surface area contributed by atoms with Crippen LogP contribution < -0.4 is 0 Å². The van der Waals surface area contributed by atoms with Gasteiger partial charge in [-0.1, -0.05) is 23.4 Å². The average molecular weight is 457 g/mol. The van der Waals surface area contributed by atoms with E-state index in [0.717, 1.165) is 32.4 Å². The molecular weight excluding hydrogens is 424 g/mol. The molecule has 1 aromatic rings. The van der Waals surface area contributed by atoms with Crippen LogP contribution in [-0.4, -0.2) is 65.1 Å². The van der Waals surface area contributed by atoms with Crippen LogP contribution in [0, 0.1) is 6.92 Å². The lowest BCUT2D eigenvalue weighted by Gasteiger charge is -2.26. The number of fused-ring (bicyclic) bond motifs is 1. The number of cyclic esters (lactones) is 1. The zero-order valence-corrected chi connectivity index (χ0v) is 19.0. The van der Waals surface area contributed by atoms with Crippen LogP contribution >= 0.6 is 0 Å². The Hall–Kier alpha value is -3.13. The van der Waals surface area contributed by atoms with Gasteiger partial charge < -0.3 is 24.7 Å². The van der Waals surface area contributed by atoms with Gasteiger partial charge in [0.2, 0.25) is 0 Å². The average Bonchev–Trinajstić information content (AvgIpc) is 2.78. The van der Waals surface area contributed by atoms with E-state index in [-0.39, 0.29) is 31.3 Å². The van der Waals surface area contributed by atoms with Gasteiger partial charge in [-0.25, -0.2) is 4.79 Å². The minimum atomic E-state index is -0.679. The lowest BCUT2D eigenvalue weighted by Crippen LogP contribution is -2.37. The maximum absolute atomic E-state index is 12.7. The van der Waals surface area contributed by atoms with Crippen LogP contribution in [0.1, 0.15) is 53.6 Å². The zero-order valence-electron chi connectivity index (χ0n) is 19.0. The lowest BCUT2D eigenvalue weighted by molar-refractivity contribution is -0.137.